The van der Waals surface area contributed by atoms with E-state index in [0.29, 0.717) is 11.3 Å². The molecule has 0 saturated carbocycles. The summed E-state index contributed by atoms with van der Waals surface area (Å²) in [5.41, 5.74) is 1.91. The second-order valence-electron chi connectivity index (χ2n) is 3.05. The zero-order valence-electron chi connectivity index (χ0n) is 7.81. The van der Waals surface area contributed by atoms with Crippen molar-refractivity contribution < 1.29 is 4.79 Å². The summed E-state index contributed by atoms with van der Waals surface area (Å²) in [5, 5.41) is 6.23. The van der Waals surface area contributed by atoms with Gasteiger partial charge in [0.1, 0.15) is 6.29 Å². The predicted octanol–water partition coefficient (Wildman–Crippen LogP) is 1.25. The Morgan fingerprint density at radius 2 is 1.80 bits per heavy atom. The second-order valence-corrected chi connectivity index (χ2v) is 3.05. The molecule has 1 N–H and O–H groups in total. The third kappa shape index (κ3) is 1.99. The molecule has 0 saturated heterocycles. The molecule has 1 aromatic heterocycles. The Morgan fingerprint density at radius 1 is 1.07 bits per heavy atom. The van der Waals surface area contributed by atoms with Crippen LogP contribution in [0.25, 0.3) is 11.3 Å². The van der Waals surface area contributed by atoms with Gasteiger partial charge in [-0.2, -0.15) is 5.10 Å². The van der Waals surface area contributed by atoms with E-state index in [4.69, 9.17) is 0 Å². The van der Waals surface area contributed by atoms with Crippen LogP contribution in [0.3, 0.4) is 0 Å². The average molecular weight is 200 g/mol. The number of aldehydes is 1. The molecule has 0 atom stereocenters. The minimum Gasteiger partial charge on any atom is -0.298 e. The SMILES string of the molecule is O=Cc1ccc(-c2ccc(=O)[nH]n2)cc1. The molecule has 15 heavy (non-hydrogen) atoms. The minimum absolute atomic E-state index is 0.233. The molecular formula is C11H8N2O2. The zero-order chi connectivity index (χ0) is 10.7. The van der Waals surface area contributed by atoms with E-state index < -0.39 is 0 Å². The lowest BCUT2D eigenvalue weighted by Crippen LogP contribution is -2.05. The molecule has 0 aliphatic heterocycles. The third-order valence-electron chi connectivity index (χ3n) is 2.02. The van der Waals surface area contributed by atoms with Crippen molar-refractivity contribution in [1.29, 1.82) is 0 Å². The first-order valence-electron chi connectivity index (χ1n) is 4.41. The van der Waals surface area contributed by atoms with Crippen LogP contribution in [-0.4, -0.2) is 16.5 Å². The fourth-order valence-corrected chi connectivity index (χ4v) is 1.24. The number of benzene rings is 1. The predicted molar refractivity (Wildman–Crippen MR) is 55.7 cm³/mol. The maximum Gasteiger partial charge on any atom is 0.264 e. The number of aromatic nitrogens is 2. The van der Waals surface area contributed by atoms with Crippen molar-refractivity contribution in [1.82, 2.24) is 10.2 Å². The van der Waals surface area contributed by atoms with Crippen LogP contribution in [0.4, 0.5) is 0 Å². The van der Waals surface area contributed by atoms with E-state index in [0.717, 1.165) is 11.8 Å². The average Bonchev–Trinajstić information content (AvgIpc) is 2.30. The van der Waals surface area contributed by atoms with Gasteiger partial charge in [-0.05, 0) is 6.07 Å². The topological polar surface area (TPSA) is 62.8 Å². The van der Waals surface area contributed by atoms with Gasteiger partial charge in [0.25, 0.3) is 5.56 Å². The first-order chi connectivity index (χ1) is 7.29. The van der Waals surface area contributed by atoms with E-state index in [-0.39, 0.29) is 5.56 Å². The first-order valence-corrected chi connectivity index (χ1v) is 4.41. The van der Waals surface area contributed by atoms with Gasteiger partial charge in [0.05, 0.1) is 5.69 Å². The largest absolute Gasteiger partial charge is 0.298 e. The molecule has 0 aliphatic carbocycles. The molecular weight excluding hydrogens is 192 g/mol. The van der Waals surface area contributed by atoms with Crippen molar-refractivity contribution in [2.75, 3.05) is 0 Å². The lowest BCUT2D eigenvalue weighted by molar-refractivity contribution is 0.112. The summed E-state index contributed by atoms with van der Waals surface area (Å²) in [6.45, 7) is 0. The molecule has 0 bridgehead atoms. The van der Waals surface area contributed by atoms with Crippen molar-refractivity contribution in [3.05, 3.63) is 52.3 Å². The van der Waals surface area contributed by atoms with E-state index in [2.05, 4.69) is 10.2 Å². The molecule has 4 nitrogen and oxygen atoms in total. The zero-order valence-corrected chi connectivity index (χ0v) is 7.81. The lowest BCUT2D eigenvalue weighted by atomic mass is 10.1. The first kappa shape index (κ1) is 9.33. The van der Waals surface area contributed by atoms with Crippen molar-refractivity contribution in [2.24, 2.45) is 0 Å². The second kappa shape index (κ2) is 3.88. The van der Waals surface area contributed by atoms with Crippen molar-refractivity contribution in [3.63, 3.8) is 0 Å². The highest BCUT2D eigenvalue weighted by Crippen LogP contribution is 2.14. The summed E-state index contributed by atoms with van der Waals surface area (Å²) in [6, 6.07) is 10.0. The molecule has 0 amide bonds. The Balaban J connectivity index is 2.41. The van der Waals surface area contributed by atoms with Gasteiger partial charge in [0.15, 0.2) is 0 Å². The number of carbonyl (C=O) groups is 1. The highest BCUT2D eigenvalue weighted by atomic mass is 16.1. The molecule has 0 fully saturated rings. The van der Waals surface area contributed by atoms with Crippen molar-refractivity contribution in [3.8, 4) is 11.3 Å². The summed E-state index contributed by atoms with van der Waals surface area (Å²) in [7, 11) is 0. The van der Waals surface area contributed by atoms with Gasteiger partial charge < -0.3 is 0 Å². The van der Waals surface area contributed by atoms with Crippen LogP contribution in [0.2, 0.25) is 0 Å². The number of carbonyl (C=O) groups excluding carboxylic acids is 1. The summed E-state index contributed by atoms with van der Waals surface area (Å²) in [4.78, 5) is 21.2. The van der Waals surface area contributed by atoms with Gasteiger partial charge >= 0.3 is 0 Å². The molecule has 2 aromatic rings. The van der Waals surface area contributed by atoms with E-state index in [1.165, 1.54) is 6.07 Å². The normalized spacial score (nSPS) is 9.87. The number of hydrogen-bond donors (Lipinski definition) is 1. The number of nitrogens with zero attached hydrogens (tertiary/aromatic N) is 1. The summed E-state index contributed by atoms with van der Waals surface area (Å²) in [6.07, 6.45) is 0.782. The maximum absolute atomic E-state index is 10.8. The van der Waals surface area contributed by atoms with Gasteiger partial charge in [-0.25, -0.2) is 5.10 Å². The highest BCUT2D eigenvalue weighted by molar-refractivity contribution is 5.76. The summed E-state index contributed by atoms with van der Waals surface area (Å²) < 4.78 is 0. The van der Waals surface area contributed by atoms with Crippen LogP contribution >= 0.6 is 0 Å². The van der Waals surface area contributed by atoms with Crippen LogP contribution in [0.15, 0.2) is 41.2 Å². The van der Waals surface area contributed by atoms with Crippen molar-refractivity contribution in [2.45, 2.75) is 0 Å². The number of hydrogen-bond acceptors (Lipinski definition) is 3. The Labute approximate surface area is 85.6 Å². The maximum atomic E-state index is 10.8. The Kier molecular flexibility index (Phi) is 2.41. The molecule has 2 rings (SSSR count). The molecule has 0 unspecified atom stereocenters. The number of H-pyrrole nitrogens is 1. The van der Waals surface area contributed by atoms with Gasteiger partial charge in [-0.3, -0.25) is 9.59 Å². The van der Waals surface area contributed by atoms with Crippen LogP contribution in [0.5, 0.6) is 0 Å². The molecule has 1 aromatic carbocycles. The quantitative estimate of drug-likeness (QED) is 0.742. The Hall–Kier alpha value is -2.23. The lowest BCUT2D eigenvalue weighted by Gasteiger charge is -1.98. The van der Waals surface area contributed by atoms with E-state index in [9.17, 15) is 9.59 Å². The van der Waals surface area contributed by atoms with Gasteiger partial charge in [-0.1, -0.05) is 24.3 Å². The van der Waals surface area contributed by atoms with Crippen LogP contribution in [0, 0.1) is 0 Å². The molecule has 4 heteroatoms. The standard InChI is InChI=1S/C11H8N2O2/c14-7-8-1-3-9(4-2-8)10-5-6-11(15)13-12-10/h1-7H,(H,13,15). The summed E-state index contributed by atoms with van der Waals surface area (Å²) >= 11 is 0. The van der Waals surface area contributed by atoms with Crippen LogP contribution in [-0.2, 0) is 0 Å². The molecule has 0 spiro atoms. The molecule has 0 radical (unpaired) electrons. The Bertz CT molecular complexity index is 509. The Morgan fingerprint density at radius 3 is 2.33 bits per heavy atom. The fourth-order valence-electron chi connectivity index (χ4n) is 1.24. The number of nitrogens with one attached hydrogen (secondary N) is 1. The smallest absolute Gasteiger partial charge is 0.264 e. The minimum atomic E-state index is -0.233. The van der Waals surface area contributed by atoms with Crippen LogP contribution < -0.4 is 5.56 Å². The molecule has 74 valence electrons. The number of aromatic amines is 1. The van der Waals surface area contributed by atoms with Gasteiger partial charge in [-0.15, -0.1) is 0 Å². The van der Waals surface area contributed by atoms with Gasteiger partial charge in [0, 0.05) is 17.2 Å². The fraction of sp³-hybridized carbons (Fsp3) is 0. The van der Waals surface area contributed by atoms with E-state index >= 15 is 0 Å². The van der Waals surface area contributed by atoms with Gasteiger partial charge in [0.2, 0.25) is 0 Å². The summed E-state index contributed by atoms with van der Waals surface area (Å²) in [5.74, 6) is 0. The molecule has 0 aliphatic rings. The number of rotatable bonds is 2. The van der Waals surface area contributed by atoms with E-state index in [1.807, 2.05) is 0 Å². The monoisotopic (exact) mass is 200 g/mol. The van der Waals surface area contributed by atoms with E-state index in [1.54, 1.807) is 30.3 Å². The highest BCUT2D eigenvalue weighted by Gasteiger charge is 1.98. The van der Waals surface area contributed by atoms with Crippen molar-refractivity contribution >= 4 is 6.29 Å². The van der Waals surface area contributed by atoms with Crippen LogP contribution in [0.1, 0.15) is 10.4 Å². The third-order valence-corrected chi connectivity index (χ3v) is 2.02. The molecule has 1 heterocycles.